The van der Waals surface area contributed by atoms with E-state index in [-0.39, 0.29) is 17.9 Å². The average Bonchev–Trinajstić information content (AvgIpc) is 2.82. The van der Waals surface area contributed by atoms with Crippen molar-refractivity contribution in [2.75, 3.05) is 17.2 Å². The molecule has 4 heteroatoms. The van der Waals surface area contributed by atoms with Gasteiger partial charge in [-0.1, -0.05) is 12.1 Å². The summed E-state index contributed by atoms with van der Waals surface area (Å²) in [5.74, 6) is 2.41. The van der Waals surface area contributed by atoms with Crippen molar-refractivity contribution in [1.29, 1.82) is 0 Å². The van der Waals surface area contributed by atoms with Crippen LogP contribution in [0.5, 0.6) is 0 Å². The van der Waals surface area contributed by atoms with Crippen molar-refractivity contribution >= 4 is 23.4 Å². The molecule has 1 aliphatic rings. The fourth-order valence-corrected chi connectivity index (χ4v) is 3.20. The highest BCUT2D eigenvalue weighted by Crippen LogP contribution is 2.24. The van der Waals surface area contributed by atoms with E-state index in [0.717, 1.165) is 29.2 Å². The predicted octanol–water partition coefficient (Wildman–Crippen LogP) is 2.20. The molecule has 2 unspecified atom stereocenters. The number of carbonyl (C=O) groups excluding carboxylic acids is 1. The van der Waals surface area contributed by atoms with Crippen LogP contribution in [-0.4, -0.2) is 17.4 Å². The maximum Gasteiger partial charge on any atom is 0.224 e. The predicted molar refractivity (Wildman–Crippen MR) is 72.8 cm³/mol. The van der Waals surface area contributed by atoms with E-state index in [1.165, 1.54) is 0 Å². The number of hydrogen-bond acceptors (Lipinski definition) is 3. The number of rotatable bonds is 3. The number of carbonyl (C=O) groups is 1. The van der Waals surface area contributed by atoms with Crippen molar-refractivity contribution in [2.45, 2.75) is 19.4 Å². The lowest BCUT2D eigenvalue weighted by Crippen LogP contribution is -2.32. The van der Waals surface area contributed by atoms with Crippen molar-refractivity contribution in [2.24, 2.45) is 5.92 Å². The van der Waals surface area contributed by atoms with Crippen molar-refractivity contribution in [3.05, 3.63) is 29.8 Å². The number of benzene rings is 1. The highest BCUT2D eigenvalue weighted by atomic mass is 32.2. The molecule has 17 heavy (non-hydrogen) atoms. The number of anilines is 1. The third-order valence-electron chi connectivity index (χ3n) is 3.07. The first kappa shape index (κ1) is 12.3. The lowest BCUT2D eigenvalue weighted by atomic mass is 10.0. The minimum Gasteiger partial charge on any atom is -0.399 e. The first-order valence-corrected chi connectivity index (χ1v) is 7.06. The maximum atomic E-state index is 12.0. The third kappa shape index (κ3) is 3.16. The van der Waals surface area contributed by atoms with Gasteiger partial charge in [0.05, 0.1) is 6.04 Å². The van der Waals surface area contributed by atoms with Gasteiger partial charge >= 0.3 is 0 Å². The van der Waals surface area contributed by atoms with Crippen LogP contribution >= 0.6 is 11.8 Å². The third-order valence-corrected chi connectivity index (χ3v) is 4.23. The lowest BCUT2D eigenvalue weighted by molar-refractivity contribution is -0.124. The molecule has 0 saturated carbocycles. The Morgan fingerprint density at radius 1 is 1.59 bits per heavy atom. The Morgan fingerprint density at radius 3 is 3.06 bits per heavy atom. The van der Waals surface area contributed by atoms with E-state index in [4.69, 9.17) is 5.73 Å². The van der Waals surface area contributed by atoms with Crippen molar-refractivity contribution in [1.82, 2.24) is 5.32 Å². The molecular weight excluding hydrogens is 232 g/mol. The molecule has 1 amide bonds. The van der Waals surface area contributed by atoms with Crippen molar-refractivity contribution < 1.29 is 4.79 Å². The molecule has 0 bridgehead atoms. The van der Waals surface area contributed by atoms with Gasteiger partial charge in [-0.3, -0.25) is 4.79 Å². The molecule has 1 heterocycles. The molecule has 1 aromatic carbocycles. The van der Waals surface area contributed by atoms with Crippen LogP contribution in [0.4, 0.5) is 5.69 Å². The Balaban J connectivity index is 1.96. The molecule has 1 fully saturated rings. The van der Waals surface area contributed by atoms with Crippen LogP contribution in [0.2, 0.25) is 0 Å². The molecule has 0 spiro atoms. The van der Waals surface area contributed by atoms with Crippen molar-refractivity contribution in [3.8, 4) is 0 Å². The first-order valence-electron chi connectivity index (χ1n) is 5.90. The van der Waals surface area contributed by atoms with Crippen LogP contribution in [0.3, 0.4) is 0 Å². The van der Waals surface area contributed by atoms with E-state index in [1.54, 1.807) is 0 Å². The van der Waals surface area contributed by atoms with Crippen LogP contribution in [0.1, 0.15) is 24.9 Å². The Kier molecular flexibility index (Phi) is 3.94. The van der Waals surface area contributed by atoms with Crippen LogP contribution < -0.4 is 11.1 Å². The molecule has 92 valence electrons. The number of nitrogen functional groups attached to an aromatic ring is 1. The molecule has 3 N–H and O–H groups in total. The summed E-state index contributed by atoms with van der Waals surface area (Å²) in [7, 11) is 0. The standard InChI is InChI=1S/C13H18N2OS/c1-9(10-3-2-4-12(14)7-10)15-13(16)11-5-6-17-8-11/h2-4,7,9,11H,5-6,8,14H2,1H3,(H,15,16). The Labute approximate surface area is 106 Å². The number of thioether (sulfide) groups is 1. The summed E-state index contributed by atoms with van der Waals surface area (Å²) in [6.07, 6.45) is 1.00. The van der Waals surface area contributed by atoms with Gasteiger partial charge < -0.3 is 11.1 Å². The van der Waals surface area contributed by atoms with Gasteiger partial charge in [0.15, 0.2) is 0 Å². The van der Waals surface area contributed by atoms with Crippen LogP contribution in [0.15, 0.2) is 24.3 Å². The van der Waals surface area contributed by atoms with Crippen molar-refractivity contribution in [3.63, 3.8) is 0 Å². The lowest BCUT2D eigenvalue weighted by Gasteiger charge is -2.17. The number of amides is 1. The fourth-order valence-electron chi connectivity index (χ4n) is 1.98. The van der Waals surface area contributed by atoms with Gasteiger partial charge in [0.25, 0.3) is 0 Å². The molecule has 2 atom stereocenters. The highest BCUT2D eigenvalue weighted by Gasteiger charge is 2.24. The normalized spacial score (nSPS) is 21.1. The summed E-state index contributed by atoms with van der Waals surface area (Å²) < 4.78 is 0. The van der Waals surface area contributed by atoms with E-state index in [0.29, 0.717) is 0 Å². The minimum absolute atomic E-state index is 0.0246. The summed E-state index contributed by atoms with van der Waals surface area (Å²) >= 11 is 1.86. The molecule has 2 rings (SSSR count). The molecule has 1 saturated heterocycles. The SMILES string of the molecule is CC(NC(=O)C1CCSC1)c1cccc(N)c1. The molecule has 1 aliphatic heterocycles. The maximum absolute atomic E-state index is 12.0. The Morgan fingerprint density at radius 2 is 2.41 bits per heavy atom. The second-order valence-electron chi connectivity index (χ2n) is 4.46. The smallest absolute Gasteiger partial charge is 0.224 e. The van der Waals surface area contributed by atoms with E-state index in [1.807, 2.05) is 43.0 Å². The van der Waals surface area contributed by atoms with Gasteiger partial charge in [-0.15, -0.1) is 0 Å². The van der Waals surface area contributed by atoms with Gasteiger partial charge in [-0.2, -0.15) is 11.8 Å². The molecule has 1 aromatic rings. The van der Waals surface area contributed by atoms with Gasteiger partial charge in [0.2, 0.25) is 5.91 Å². The van der Waals surface area contributed by atoms with E-state index in [9.17, 15) is 4.79 Å². The van der Waals surface area contributed by atoms with Crippen LogP contribution in [-0.2, 0) is 4.79 Å². The largest absolute Gasteiger partial charge is 0.399 e. The number of nitrogens with one attached hydrogen (secondary N) is 1. The summed E-state index contributed by atoms with van der Waals surface area (Å²) in [5, 5.41) is 3.06. The topological polar surface area (TPSA) is 55.1 Å². The van der Waals surface area contributed by atoms with E-state index >= 15 is 0 Å². The first-order chi connectivity index (χ1) is 8.16. The number of hydrogen-bond donors (Lipinski definition) is 2. The average molecular weight is 250 g/mol. The second-order valence-corrected chi connectivity index (χ2v) is 5.61. The summed E-state index contributed by atoms with van der Waals surface area (Å²) in [6, 6.07) is 7.69. The Hall–Kier alpha value is -1.16. The second kappa shape index (κ2) is 5.45. The zero-order chi connectivity index (χ0) is 12.3. The summed E-state index contributed by atoms with van der Waals surface area (Å²) in [6.45, 7) is 1.99. The molecule has 0 aliphatic carbocycles. The zero-order valence-corrected chi connectivity index (χ0v) is 10.8. The molecule has 3 nitrogen and oxygen atoms in total. The quantitative estimate of drug-likeness (QED) is 0.809. The van der Waals surface area contributed by atoms with Crippen LogP contribution in [0.25, 0.3) is 0 Å². The molecule has 0 aromatic heterocycles. The molecule has 0 radical (unpaired) electrons. The summed E-state index contributed by atoms with van der Waals surface area (Å²) in [4.78, 5) is 12.0. The minimum atomic E-state index is 0.0246. The van der Waals surface area contributed by atoms with Crippen LogP contribution in [0, 0.1) is 5.92 Å². The van der Waals surface area contributed by atoms with Gasteiger partial charge in [0, 0.05) is 17.4 Å². The fraction of sp³-hybridized carbons (Fsp3) is 0.462. The van der Waals surface area contributed by atoms with Gasteiger partial charge in [0.1, 0.15) is 0 Å². The van der Waals surface area contributed by atoms with Gasteiger partial charge in [-0.25, -0.2) is 0 Å². The van der Waals surface area contributed by atoms with E-state index < -0.39 is 0 Å². The Bertz CT molecular complexity index is 402. The highest BCUT2D eigenvalue weighted by molar-refractivity contribution is 7.99. The van der Waals surface area contributed by atoms with E-state index in [2.05, 4.69) is 5.32 Å². The molecular formula is C13H18N2OS. The summed E-state index contributed by atoms with van der Waals surface area (Å²) in [5.41, 5.74) is 7.53. The number of nitrogens with two attached hydrogens (primary N) is 1. The monoisotopic (exact) mass is 250 g/mol. The zero-order valence-electron chi connectivity index (χ0n) is 9.98. The van der Waals surface area contributed by atoms with Gasteiger partial charge in [-0.05, 0) is 36.8 Å².